The van der Waals surface area contributed by atoms with Crippen LogP contribution >= 0.6 is 22.9 Å². The fourth-order valence-corrected chi connectivity index (χ4v) is 7.17. The molecule has 0 unspecified atom stereocenters. The van der Waals surface area contributed by atoms with E-state index in [1.165, 1.54) is 16.0 Å². The molecule has 3 atom stereocenters. The molecule has 0 spiro atoms. The molecule has 6 rings (SSSR count). The lowest BCUT2D eigenvalue weighted by molar-refractivity contribution is -0.142. The smallest absolute Gasteiger partial charge is 0.226 e. The van der Waals surface area contributed by atoms with Gasteiger partial charge in [0.2, 0.25) is 5.91 Å². The minimum Gasteiger partial charge on any atom is -0.375 e. The van der Waals surface area contributed by atoms with E-state index in [4.69, 9.17) is 16.3 Å². The van der Waals surface area contributed by atoms with E-state index >= 15 is 0 Å². The summed E-state index contributed by atoms with van der Waals surface area (Å²) in [5, 5.41) is 14.3. The van der Waals surface area contributed by atoms with Crippen molar-refractivity contribution in [1.29, 1.82) is 0 Å². The molecule has 172 valence electrons. The molecule has 1 saturated heterocycles. The number of thiophene rings is 1. The first-order valence-electron chi connectivity index (χ1n) is 11.4. The van der Waals surface area contributed by atoms with Crippen LogP contribution in [0.2, 0.25) is 5.02 Å². The monoisotopic (exact) mass is 483 g/mol. The number of nitrogens with one attached hydrogen (secondary N) is 1. The van der Waals surface area contributed by atoms with Gasteiger partial charge in [-0.05, 0) is 43.9 Å². The number of fused-ring (bicyclic) bond motifs is 5. The summed E-state index contributed by atoms with van der Waals surface area (Å²) in [5.41, 5.74) is 3.55. The minimum atomic E-state index is -0.0629. The molecule has 1 N–H and O–H groups in total. The van der Waals surface area contributed by atoms with Gasteiger partial charge in [0.15, 0.2) is 5.82 Å². The number of rotatable bonds is 2. The number of aryl methyl sites for hydroxylation is 1. The predicted octanol–water partition coefficient (Wildman–Crippen LogP) is 3.45. The molecule has 3 aliphatic rings. The van der Waals surface area contributed by atoms with E-state index in [1.807, 2.05) is 36.9 Å². The third-order valence-electron chi connectivity index (χ3n) is 6.96. The van der Waals surface area contributed by atoms with Gasteiger partial charge in [0.05, 0.1) is 25.3 Å². The van der Waals surface area contributed by atoms with E-state index in [9.17, 15) is 4.79 Å². The summed E-state index contributed by atoms with van der Waals surface area (Å²) in [5.74, 6) is 2.01. The molecule has 1 fully saturated rings. The average molecular weight is 484 g/mol. The van der Waals surface area contributed by atoms with Gasteiger partial charge in [0.1, 0.15) is 10.8 Å². The first-order chi connectivity index (χ1) is 16.0. The summed E-state index contributed by atoms with van der Waals surface area (Å²) in [6.07, 6.45) is 1.63. The number of morpholine rings is 1. The third kappa shape index (κ3) is 3.51. The number of amides is 1. The van der Waals surface area contributed by atoms with Crippen LogP contribution in [0.5, 0.6) is 0 Å². The van der Waals surface area contributed by atoms with E-state index in [0.29, 0.717) is 26.2 Å². The highest BCUT2D eigenvalue weighted by Crippen LogP contribution is 2.47. The molecule has 3 aromatic rings. The zero-order valence-corrected chi connectivity index (χ0v) is 20.2. The van der Waals surface area contributed by atoms with Crippen LogP contribution in [0.1, 0.15) is 46.2 Å². The molecular formula is C24H26ClN5O2S. The second-order valence-electron chi connectivity index (χ2n) is 9.13. The Morgan fingerprint density at radius 2 is 2.12 bits per heavy atom. The molecule has 9 heteroatoms. The fourth-order valence-electron chi connectivity index (χ4n) is 5.41. The summed E-state index contributed by atoms with van der Waals surface area (Å²) >= 11 is 8.44. The van der Waals surface area contributed by atoms with Crippen LogP contribution in [0.3, 0.4) is 0 Å². The van der Waals surface area contributed by atoms with Crippen LogP contribution in [-0.4, -0.2) is 51.4 Å². The average Bonchev–Trinajstić information content (AvgIpc) is 3.44. The Hall–Kier alpha value is -2.26. The Labute approximate surface area is 201 Å². The van der Waals surface area contributed by atoms with Gasteiger partial charge in [-0.15, -0.1) is 21.5 Å². The number of carbonyl (C=O) groups excluding carboxylic acids is 1. The molecule has 2 aliphatic heterocycles. The van der Waals surface area contributed by atoms with Crippen LogP contribution in [0.4, 0.5) is 0 Å². The second-order valence-corrected chi connectivity index (χ2v) is 10.6. The van der Waals surface area contributed by atoms with E-state index in [0.717, 1.165) is 40.1 Å². The van der Waals surface area contributed by atoms with Crippen molar-refractivity contribution in [3.8, 4) is 5.00 Å². The van der Waals surface area contributed by atoms with E-state index < -0.39 is 0 Å². The SMILES string of the molecule is Cc1nnc2n1-c1sc3c(c1[C@H](c1ccccc1Cl)NC2)C[C@H](C(=O)N1CCO[C@H](C)C1)C3. The van der Waals surface area contributed by atoms with E-state index in [1.54, 1.807) is 11.3 Å². The summed E-state index contributed by atoms with van der Waals surface area (Å²) in [4.78, 5) is 16.7. The topological polar surface area (TPSA) is 72.3 Å². The largest absolute Gasteiger partial charge is 0.375 e. The lowest BCUT2D eigenvalue weighted by atomic mass is 9.94. The van der Waals surface area contributed by atoms with Crippen molar-refractivity contribution in [2.45, 2.75) is 45.4 Å². The molecule has 0 bridgehead atoms. The van der Waals surface area contributed by atoms with Crippen molar-refractivity contribution in [3.63, 3.8) is 0 Å². The first kappa shape index (κ1) is 21.3. The van der Waals surface area contributed by atoms with Gasteiger partial charge in [-0.2, -0.15) is 0 Å². The lowest BCUT2D eigenvalue weighted by Gasteiger charge is -2.33. The van der Waals surface area contributed by atoms with E-state index in [-0.39, 0.29) is 24.0 Å². The quantitative estimate of drug-likeness (QED) is 0.604. The Bertz CT molecular complexity index is 1240. The highest BCUT2D eigenvalue weighted by molar-refractivity contribution is 7.15. The standard InChI is InChI=1S/C24H26ClN5O2S/c1-13-12-29(7-8-32-13)23(31)15-9-17-19(10-15)33-24-21(17)22(16-5-3-4-6-18(16)25)26-11-20-28-27-14(2)30(20)24/h3-6,13,15,22,26H,7-12H2,1-2H3/t13-,15+,22+/m1/s1. The van der Waals surface area contributed by atoms with Gasteiger partial charge in [-0.25, -0.2) is 0 Å². The molecule has 4 heterocycles. The van der Waals surface area contributed by atoms with Crippen molar-refractivity contribution in [2.24, 2.45) is 5.92 Å². The van der Waals surface area contributed by atoms with Crippen molar-refractivity contribution >= 4 is 28.8 Å². The van der Waals surface area contributed by atoms with Crippen molar-refractivity contribution in [2.75, 3.05) is 19.7 Å². The summed E-state index contributed by atoms with van der Waals surface area (Å²) in [7, 11) is 0. The number of ether oxygens (including phenoxy) is 1. The highest BCUT2D eigenvalue weighted by atomic mass is 35.5. The van der Waals surface area contributed by atoms with Crippen LogP contribution in [0.15, 0.2) is 24.3 Å². The third-order valence-corrected chi connectivity index (χ3v) is 8.56. The van der Waals surface area contributed by atoms with Gasteiger partial charge >= 0.3 is 0 Å². The Kier molecular flexibility index (Phi) is 5.29. The number of halogens is 1. The normalized spacial score (nSPS) is 24.2. The van der Waals surface area contributed by atoms with Crippen molar-refractivity contribution in [1.82, 2.24) is 25.0 Å². The van der Waals surface area contributed by atoms with Gasteiger partial charge in [-0.1, -0.05) is 29.8 Å². The maximum atomic E-state index is 13.4. The molecule has 2 aromatic heterocycles. The summed E-state index contributed by atoms with van der Waals surface area (Å²) < 4.78 is 7.81. The first-order valence-corrected chi connectivity index (χ1v) is 12.6. The van der Waals surface area contributed by atoms with Crippen LogP contribution in [-0.2, 0) is 28.9 Å². The molecule has 1 amide bonds. The number of nitrogens with zero attached hydrogens (tertiary/aromatic N) is 4. The molecule has 0 saturated carbocycles. The van der Waals surface area contributed by atoms with Gasteiger partial charge in [0, 0.05) is 34.5 Å². The molecule has 1 aliphatic carbocycles. The number of carbonyl (C=O) groups is 1. The van der Waals surface area contributed by atoms with Gasteiger partial charge in [-0.3, -0.25) is 14.7 Å². The summed E-state index contributed by atoms with van der Waals surface area (Å²) in [6.45, 7) is 6.59. The zero-order chi connectivity index (χ0) is 22.7. The van der Waals surface area contributed by atoms with Crippen LogP contribution in [0.25, 0.3) is 5.00 Å². The Morgan fingerprint density at radius 3 is 2.94 bits per heavy atom. The maximum absolute atomic E-state index is 13.4. The Morgan fingerprint density at radius 1 is 1.27 bits per heavy atom. The minimum absolute atomic E-state index is 0.0153. The highest BCUT2D eigenvalue weighted by Gasteiger charge is 2.40. The molecule has 1 aromatic carbocycles. The number of benzene rings is 1. The Balaban J connectivity index is 1.41. The lowest BCUT2D eigenvalue weighted by Crippen LogP contribution is -2.47. The fraction of sp³-hybridized carbons (Fsp3) is 0.458. The maximum Gasteiger partial charge on any atom is 0.226 e. The molecular weight excluding hydrogens is 458 g/mol. The van der Waals surface area contributed by atoms with Crippen LogP contribution in [0, 0.1) is 12.8 Å². The van der Waals surface area contributed by atoms with Gasteiger partial charge in [0.25, 0.3) is 0 Å². The van der Waals surface area contributed by atoms with E-state index in [2.05, 4.69) is 26.1 Å². The van der Waals surface area contributed by atoms with Crippen LogP contribution < -0.4 is 5.32 Å². The van der Waals surface area contributed by atoms with Crippen molar-refractivity contribution in [3.05, 3.63) is 62.5 Å². The number of aromatic nitrogens is 3. The molecule has 33 heavy (non-hydrogen) atoms. The number of hydrogen-bond acceptors (Lipinski definition) is 6. The predicted molar refractivity (Wildman–Crippen MR) is 127 cm³/mol. The zero-order valence-electron chi connectivity index (χ0n) is 18.7. The van der Waals surface area contributed by atoms with Crippen molar-refractivity contribution < 1.29 is 9.53 Å². The van der Waals surface area contributed by atoms with Gasteiger partial charge < -0.3 is 9.64 Å². The molecule has 0 radical (unpaired) electrons. The second kappa shape index (κ2) is 8.20. The number of hydrogen-bond donors (Lipinski definition) is 1. The summed E-state index contributed by atoms with van der Waals surface area (Å²) in [6, 6.07) is 7.94. The molecule has 7 nitrogen and oxygen atoms in total.